The quantitative estimate of drug-likeness (QED) is 0.372. The van der Waals surface area contributed by atoms with E-state index in [0.29, 0.717) is 33.6 Å². The van der Waals surface area contributed by atoms with E-state index in [9.17, 15) is 14.4 Å². The minimum atomic E-state index is -0.635. The summed E-state index contributed by atoms with van der Waals surface area (Å²) in [5.41, 5.74) is 2.18. The predicted molar refractivity (Wildman–Crippen MR) is 135 cm³/mol. The molecule has 4 aromatic rings. The van der Waals surface area contributed by atoms with Crippen molar-refractivity contribution in [2.45, 2.75) is 0 Å². The lowest BCUT2D eigenvalue weighted by molar-refractivity contribution is -0.136. The lowest BCUT2D eigenvalue weighted by Gasteiger charge is -2.17. The molecule has 0 atom stereocenters. The number of methoxy groups -OCH3 is 1. The third-order valence-electron chi connectivity index (χ3n) is 5.20. The summed E-state index contributed by atoms with van der Waals surface area (Å²) < 4.78 is 10.5. The second-order valence-corrected chi connectivity index (χ2v) is 8.60. The fourth-order valence-electron chi connectivity index (χ4n) is 3.41. The number of fused-ring (bicyclic) bond motifs is 1. The van der Waals surface area contributed by atoms with E-state index in [1.807, 2.05) is 35.7 Å². The molecule has 0 aliphatic heterocycles. The fraction of sp³-hybridized carbons (Fsp3) is 0.154. The molecule has 2 aromatic heterocycles. The van der Waals surface area contributed by atoms with Crippen molar-refractivity contribution in [2.24, 2.45) is 0 Å². The van der Waals surface area contributed by atoms with E-state index >= 15 is 0 Å². The van der Waals surface area contributed by atoms with Crippen LogP contribution in [0.15, 0.2) is 72.1 Å². The first-order chi connectivity index (χ1) is 16.9. The van der Waals surface area contributed by atoms with Gasteiger partial charge in [0.15, 0.2) is 6.61 Å². The monoisotopic (exact) mass is 489 g/mol. The molecule has 2 amide bonds. The maximum Gasteiger partial charge on any atom is 0.339 e. The number of aromatic nitrogens is 1. The van der Waals surface area contributed by atoms with Crippen molar-refractivity contribution in [1.82, 2.24) is 9.88 Å². The molecule has 0 aliphatic carbocycles. The van der Waals surface area contributed by atoms with Crippen LogP contribution in [0.5, 0.6) is 5.75 Å². The van der Waals surface area contributed by atoms with Crippen LogP contribution in [0.2, 0.25) is 0 Å². The lowest BCUT2D eigenvalue weighted by Crippen LogP contribution is -2.37. The van der Waals surface area contributed by atoms with E-state index in [0.717, 1.165) is 4.88 Å². The minimum absolute atomic E-state index is 0.200. The standard InChI is InChI=1S/C26H23N3O5S/c1-29(15-24(30)27-17-7-5-8-18(13-17)33-2)25(31)16-34-26(32)20-14-22(23-11-6-12-35-23)28-21-10-4-3-9-19(20)21/h3-14H,15-16H2,1-2H3,(H,27,30). The number of anilines is 1. The predicted octanol–water partition coefficient (Wildman–Crippen LogP) is 4.23. The Morgan fingerprint density at radius 2 is 1.86 bits per heavy atom. The van der Waals surface area contributed by atoms with E-state index in [4.69, 9.17) is 9.47 Å². The summed E-state index contributed by atoms with van der Waals surface area (Å²) in [4.78, 5) is 44.5. The Balaban J connectivity index is 1.40. The average molecular weight is 490 g/mol. The van der Waals surface area contributed by atoms with Crippen molar-refractivity contribution >= 4 is 45.7 Å². The summed E-state index contributed by atoms with van der Waals surface area (Å²) >= 11 is 1.52. The van der Waals surface area contributed by atoms with Crippen LogP contribution in [0.3, 0.4) is 0 Å². The number of likely N-dealkylation sites (N-methyl/N-ethyl adjacent to an activating group) is 1. The van der Waals surface area contributed by atoms with E-state index < -0.39 is 18.5 Å². The van der Waals surface area contributed by atoms with Crippen LogP contribution < -0.4 is 10.1 Å². The maximum atomic E-state index is 12.9. The number of pyridine rings is 1. The normalized spacial score (nSPS) is 10.6. The first kappa shape index (κ1) is 23.9. The molecule has 2 heterocycles. The van der Waals surface area contributed by atoms with E-state index in [1.165, 1.54) is 30.4 Å². The number of thiophene rings is 1. The minimum Gasteiger partial charge on any atom is -0.497 e. The molecule has 4 rings (SSSR count). The van der Waals surface area contributed by atoms with E-state index in [2.05, 4.69) is 10.3 Å². The first-order valence-electron chi connectivity index (χ1n) is 10.7. The van der Waals surface area contributed by atoms with Gasteiger partial charge < -0.3 is 19.7 Å². The molecule has 0 fully saturated rings. The highest BCUT2D eigenvalue weighted by atomic mass is 32.1. The van der Waals surface area contributed by atoms with Crippen molar-refractivity contribution < 1.29 is 23.9 Å². The van der Waals surface area contributed by atoms with Gasteiger partial charge >= 0.3 is 5.97 Å². The van der Waals surface area contributed by atoms with Gasteiger partial charge in [0, 0.05) is 24.2 Å². The molecule has 0 radical (unpaired) electrons. The molecule has 35 heavy (non-hydrogen) atoms. The molecule has 1 N–H and O–H groups in total. The summed E-state index contributed by atoms with van der Waals surface area (Å²) in [6.07, 6.45) is 0. The van der Waals surface area contributed by atoms with Gasteiger partial charge in [-0.3, -0.25) is 9.59 Å². The molecule has 0 aliphatic rings. The lowest BCUT2D eigenvalue weighted by atomic mass is 10.1. The topological polar surface area (TPSA) is 97.8 Å². The number of amides is 2. The third kappa shape index (κ3) is 5.82. The molecular weight excluding hydrogens is 466 g/mol. The van der Waals surface area contributed by atoms with Gasteiger partial charge in [-0.2, -0.15) is 0 Å². The van der Waals surface area contributed by atoms with E-state index in [-0.39, 0.29) is 12.5 Å². The van der Waals surface area contributed by atoms with Crippen LogP contribution in [-0.2, 0) is 14.3 Å². The highest BCUT2D eigenvalue weighted by Crippen LogP contribution is 2.28. The number of para-hydroxylation sites is 1. The zero-order chi connectivity index (χ0) is 24.8. The Kier molecular flexibility index (Phi) is 7.37. The molecule has 0 spiro atoms. The Labute approximate surface area is 206 Å². The van der Waals surface area contributed by atoms with Crippen LogP contribution in [0.1, 0.15) is 10.4 Å². The smallest absolute Gasteiger partial charge is 0.339 e. The summed E-state index contributed by atoms with van der Waals surface area (Å²) in [5.74, 6) is -0.925. The van der Waals surface area contributed by atoms with Gasteiger partial charge in [0.2, 0.25) is 5.91 Å². The van der Waals surface area contributed by atoms with Crippen LogP contribution in [-0.4, -0.2) is 55.0 Å². The number of carbonyl (C=O) groups excluding carboxylic acids is 3. The van der Waals surface area contributed by atoms with Crippen molar-refractivity contribution in [3.05, 3.63) is 77.7 Å². The first-order valence-corrected chi connectivity index (χ1v) is 11.6. The van der Waals surface area contributed by atoms with E-state index in [1.54, 1.807) is 36.4 Å². The van der Waals surface area contributed by atoms with Gasteiger partial charge in [-0.05, 0) is 35.7 Å². The highest BCUT2D eigenvalue weighted by molar-refractivity contribution is 7.13. The van der Waals surface area contributed by atoms with Crippen LogP contribution in [0.25, 0.3) is 21.5 Å². The molecular formula is C26H23N3O5S. The summed E-state index contributed by atoms with van der Waals surface area (Å²) in [6, 6.07) is 19.7. The Hall–Kier alpha value is -4.24. The molecule has 0 unspecified atom stereocenters. The van der Waals surface area contributed by atoms with Gasteiger partial charge in [0.05, 0.1) is 35.3 Å². The largest absolute Gasteiger partial charge is 0.497 e. The van der Waals surface area contributed by atoms with Crippen LogP contribution in [0, 0.1) is 0 Å². The fourth-order valence-corrected chi connectivity index (χ4v) is 4.10. The number of benzene rings is 2. The summed E-state index contributed by atoms with van der Waals surface area (Å²) in [5, 5.41) is 5.28. The number of rotatable bonds is 8. The Morgan fingerprint density at radius 1 is 1.03 bits per heavy atom. The zero-order valence-electron chi connectivity index (χ0n) is 19.2. The maximum absolute atomic E-state index is 12.9. The molecule has 0 saturated carbocycles. The number of hydrogen-bond acceptors (Lipinski definition) is 7. The van der Waals surface area contributed by atoms with Crippen LogP contribution in [0.4, 0.5) is 5.69 Å². The number of ether oxygens (including phenoxy) is 2. The second kappa shape index (κ2) is 10.8. The summed E-state index contributed by atoms with van der Waals surface area (Å²) in [6.45, 7) is -0.693. The van der Waals surface area contributed by atoms with Gasteiger partial charge in [-0.25, -0.2) is 9.78 Å². The van der Waals surface area contributed by atoms with Crippen molar-refractivity contribution in [1.29, 1.82) is 0 Å². The Morgan fingerprint density at radius 3 is 2.63 bits per heavy atom. The van der Waals surface area contributed by atoms with Gasteiger partial charge in [0.25, 0.3) is 5.91 Å². The molecule has 178 valence electrons. The molecule has 9 heteroatoms. The molecule has 0 bridgehead atoms. The second-order valence-electron chi connectivity index (χ2n) is 7.66. The van der Waals surface area contributed by atoms with Gasteiger partial charge in [-0.1, -0.05) is 30.3 Å². The number of esters is 1. The third-order valence-corrected chi connectivity index (χ3v) is 6.09. The van der Waals surface area contributed by atoms with Crippen molar-refractivity contribution in [3.63, 3.8) is 0 Å². The van der Waals surface area contributed by atoms with Crippen LogP contribution >= 0.6 is 11.3 Å². The number of nitrogens with one attached hydrogen (secondary N) is 1. The van der Waals surface area contributed by atoms with Gasteiger partial charge in [-0.15, -0.1) is 11.3 Å². The summed E-state index contributed by atoms with van der Waals surface area (Å²) in [7, 11) is 3.00. The highest BCUT2D eigenvalue weighted by Gasteiger charge is 2.19. The SMILES string of the molecule is COc1cccc(NC(=O)CN(C)C(=O)COC(=O)c2cc(-c3cccs3)nc3ccccc23)c1. The van der Waals surface area contributed by atoms with Crippen molar-refractivity contribution in [2.75, 3.05) is 32.6 Å². The number of hydrogen-bond donors (Lipinski definition) is 1. The molecule has 8 nitrogen and oxygen atoms in total. The van der Waals surface area contributed by atoms with Gasteiger partial charge in [0.1, 0.15) is 5.75 Å². The number of carbonyl (C=O) groups is 3. The molecule has 0 saturated heterocycles. The van der Waals surface area contributed by atoms with Crippen molar-refractivity contribution in [3.8, 4) is 16.3 Å². The zero-order valence-corrected chi connectivity index (χ0v) is 20.0. The molecule has 2 aromatic carbocycles. The average Bonchev–Trinajstić information content (AvgIpc) is 3.41. The number of nitrogens with zero attached hydrogens (tertiary/aromatic N) is 2. The Bertz CT molecular complexity index is 1370.